The molecule has 0 aliphatic rings. The minimum Gasteiger partial charge on any atom is -0.345 e. The third kappa shape index (κ3) is 6.14. The Balaban J connectivity index is 3.09. The third-order valence-corrected chi connectivity index (χ3v) is 4.12. The molecule has 1 aromatic rings. The summed E-state index contributed by atoms with van der Waals surface area (Å²) in [5.41, 5.74) is 5.11. The molecule has 0 saturated heterocycles. The molecular formula is C22H36N2. The van der Waals surface area contributed by atoms with Gasteiger partial charge in [0.1, 0.15) is 5.82 Å². The Morgan fingerprint density at radius 2 is 1.96 bits per heavy atom. The topological polar surface area (TPSA) is 28.7 Å². The van der Waals surface area contributed by atoms with E-state index in [0.29, 0.717) is 5.92 Å². The maximum Gasteiger partial charge on any atom is 0.110 e. The highest BCUT2D eigenvalue weighted by Gasteiger charge is 2.22. The maximum atomic E-state index is 4.94. The van der Waals surface area contributed by atoms with E-state index in [-0.39, 0.29) is 5.41 Å². The van der Waals surface area contributed by atoms with Crippen LogP contribution in [-0.4, -0.2) is 9.97 Å². The van der Waals surface area contributed by atoms with Gasteiger partial charge in [0, 0.05) is 17.5 Å². The van der Waals surface area contributed by atoms with Crippen LogP contribution in [0.2, 0.25) is 0 Å². The fourth-order valence-electron chi connectivity index (χ4n) is 2.74. The highest BCUT2D eigenvalue weighted by Crippen LogP contribution is 2.26. The van der Waals surface area contributed by atoms with E-state index in [1.165, 1.54) is 35.4 Å². The fraction of sp³-hybridized carbons (Fsp3) is 0.591. The number of aromatic amines is 1. The first-order valence-electron chi connectivity index (χ1n) is 9.27. The number of nitrogens with zero attached hydrogens (tertiary/aromatic N) is 1. The molecule has 0 aliphatic carbocycles. The van der Waals surface area contributed by atoms with Crippen LogP contribution in [0.15, 0.2) is 36.0 Å². The molecule has 0 bridgehead atoms. The van der Waals surface area contributed by atoms with Gasteiger partial charge in [-0.3, -0.25) is 0 Å². The van der Waals surface area contributed by atoms with E-state index in [9.17, 15) is 0 Å². The van der Waals surface area contributed by atoms with Crippen LogP contribution in [0.1, 0.15) is 78.5 Å². The Bertz CT molecular complexity index is 592. The molecular weight excluding hydrogens is 292 g/mol. The van der Waals surface area contributed by atoms with Crippen molar-refractivity contribution in [2.45, 2.75) is 79.6 Å². The Hall–Kier alpha value is -1.57. The molecule has 0 saturated carbocycles. The normalized spacial score (nSPS) is 13.7. The van der Waals surface area contributed by atoms with Crippen LogP contribution in [0, 0.1) is 5.92 Å². The Labute approximate surface area is 149 Å². The summed E-state index contributed by atoms with van der Waals surface area (Å²) in [7, 11) is 0. The van der Waals surface area contributed by atoms with Crippen LogP contribution in [0.5, 0.6) is 0 Å². The molecule has 2 nitrogen and oxygen atoms in total. The zero-order valence-corrected chi connectivity index (χ0v) is 16.8. The smallest absolute Gasteiger partial charge is 0.110 e. The second-order valence-corrected chi connectivity index (χ2v) is 8.08. The van der Waals surface area contributed by atoms with E-state index in [1.54, 1.807) is 0 Å². The lowest BCUT2D eigenvalue weighted by Gasteiger charge is -2.17. The molecule has 0 amide bonds. The Kier molecular flexibility index (Phi) is 7.72. The van der Waals surface area contributed by atoms with Crippen molar-refractivity contribution in [1.29, 1.82) is 0 Å². The van der Waals surface area contributed by atoms with E-state index in [2.05, 4.69) is 72.2 Å². The number of H-pyrrole nitrogens is 1. The second-order valence-electron chi connectivity index (χ2n) is 8.08. The Morgan fingerprint density at radius 1 is 1.29 bits per heavy atom. The molecule has 134 valence electrons. The molecule has 0 spiro atoms. The number of allylic oxidation sites excluding steroid dienone is 5. The van der Waals surface area contributed by atoms with Gasteiger partial charge in [-0.25, -0.2) is 4.98 Å². The van der Waals surface area contributed by atoms with E-state index in [1.807, 2.05) is 6.08 Å². The number of unbranched alkanes of at least 4 members (excludes halogenated alkanes) is 1. The average molecular weight is 329 g/mol. The van der Waals surface area contributed by atoms with Gasteiger partial charge in [-0.15, -0.1) is 0 Å². The SMILES string of the molecule is C=CC(/C=C\C(C)C)=C(\C)Cc1nc(C(C)(C)C)c(CCCC)[nH]1. The minimum absolute atomic E-state index is 0.0776. The van der Waals surface area contributed by atoms with Crippen LogP contribution in [0.4, 0.5) is 0 Å². The summed E-state index contributed by atoms with van der Waals surface area (Å²) in [6.45, 7) is 19.5. The van der Waals surface area contributed by atoms with Crippen LogP contribution in [-0.2, 0) is 18.3 Å². The summed E-state index contributed by atoms with van der Waals surface area (Å²) >= 11 is 0. The lowest BCUT2D eigenvalue weighted by atomic mass is 9.89. The maximum absolute atomic E-state index is 4.94. The molecule has 0 radical (unpaired) electrons. The van der Waals surface area contributed by atoms with E-state index >= 15 is 0 Å². The summed E-state index contributed by atoms with van der Waals surface area (Å²) in [5.74, 6) is 1.62. The zero-order valence-electron chi connectivity index (χ0n) is 16.8. The number of aromatic nitrogens is 2. The summed E-state index contributed by atoms with van der Waals surface area (Å²) in [6, 6.07) is 0. The molecule has 0 aliphatic heterocycles. The van der Waals surface area contributed by atoms with Crippen LogP contribution >= 0.6 is 0 Å². The first kappa shape index (κ1) is 20.5. The number of hydrogen-bond acceptors (Lipinski definition) is 1. The number of rotatable bonds is 8. The van der Waals surface area contributed by atoms with Crippen molar-refractivity contribution in [2.24, 2.45) is 5.92 Å². The van der Waals surface area contributed by atoms with Gasteiger partial charge in [-0.1, -0.05) is 78.3 Å². The van der Waals surface area contributed by atoms with Gasteiger partial charge in [0.25, 0.3) is 0 Å². The molecule has 1 rings (SSSR count). The van der Waals surface area contributed by atoms with Crippen molar-refractivity contribution in [3.05, 3.63) is 53.2 Å². The molecule has 24 heavy (non-hydrogen) atoms. The highest BCUT2D eigenvalue weighted by molar-refractivity contribution is 5.36. The van der Waals surface area contributed by atoms with Gasteiger partial charge in [0.15, 0.2) is 0 Å². The molecule has 0 fully saturated rings. The van der Waals surface area contributed by atoms with Crippen molar-refractivity contribution < 1.29 is 0 Å². The largest absolute Gasteiger partial charge is 0.345 e. The summed E-state index contributed by atoms with van der Waals surface area (Å²) in [6.07, 6.45) is 10.7. The molecule has 1 N–H and O–H groups in total. The molecule has 0 unspecified atom stereocenters. The Morgan fingerprint density at radius 3 is 2.46 bits per heavy atom. The average Bonchev–Trinajstić information content (AvgIpc) is 2.88. The van der Waals surface area contributed by atoms with Crippen molar-refractivity contribution in [3.63, 3.8) is 0 Å². The standard InChI is InChI=1S/C22H36N2/c1-9-11-12-19-21(22(6,7)8)24-20(23-19)15-17(5)18(10-2)14-13-16(3)4/h10,13-14,16H,2,9,11-12,15H2,1,3-8H3,(H,23,24)/b14-13-,18-17-. The van der Waals surface area contributed by atoms with Gasteiger partial charge in [0.05, 0.1) is 5.69 Å². The lowest BCUT2D eigenvalue weighted by molar-refractivity contribution is 0.560. The molecule has 0 aromatic carbocycles. The van der Waals surface area contributed by atoms with Crippen molar-refractivity contribution in [2.75, 3.05) is 0 Å². The van der Waals surface area contributed by atoms with Crippen molar-refractivity contribution in [1.82, 2.24) is 9.97 Å². The van der Waals surface area contributed by atoms with Gasteiger partial charge >= 0.3 is 0 Å². The lowest BCUT2D eigenvalue weighted by Crippen LogP contribution is -2.14. The predicted molar refractivity (Wildman–Crippen MR) is 106 cm³/mol. The van der Waals surface area contributed by atoms with Crippen LogP contribution < -0.4 is 0 Å². The van der Waals surface area contributed by atoms with Gasteiger partial charge in [-0.2, -0.15) is 0 Å². The quantitative estimate of drug-likeness (QED) is 0.557. The molecule has 2 heteroatoms. The number of nitrogens with one attached hydrogen (secondary N) is 1. The summed E-state index contributed by atoms with van der Waals surface area (Å²) in [4.78, 5) is 8.53. The van der Waals surface area contributed by atoms with E-state index in [4.69, 9.17) is 4.98 Å². The van der Waals surface area contributed by atoms with Gasteiger partial charge in [-0.05, 0) is 31.3 Å². The molecule has 1 heterocycles. The highest BCUT2D eigenvalue weighted by atomic mass is 14.9. The number of hydrogen-bond donors (Lipinski definition) is 1. The minimum atomic E-state index is 0.0776. The first-order valence-corrected chi connectivity index (χ1v) is 9.27. The zero-order chi connectivity index (χ0) is 18.3. The summed E-state index contributed by atoms with van der Waals surface area (Å²) < 4.78 is 0. The monoisotopic (exact) mass is 328 g/mol. The van der Waals surface area contributed by atoms with Crippen LogP contribution in [0.25, 0.3) is 0 Å². The number of aryl methyl sites for hydroxylation is 1. The van der Waals surface area contributed by atoms with E-state index < -0.39 is 0 Å². The van der Waals surface area contributed by atoms with Crippen LogP contribution in [0.3, 0.4) is 0 Å². The van der Waals surface area contributed by atoms with Gasteiger partial charge < -0.3 is 4.98 Å². The summed E-state index contributed by atoms with van der Waals surface area (Å²) in [5, 5.41) is 0. The predicted octanol–water partition coefficient (Wildman–Crippen LogP) is 6.31. The van der Waals surface area contributed by atoms with E-state index in [0.717, 1.165) is 18.7 Å². The molecule has 1 aromatic heterocycles. The van der Waals surface area contributed by atoms with Crippen molar-refractivity contribution >= 4 is 0 Å². The van der Waals surface area contributed by atoms with Gasteiger partial charge in [0.2, 0.25) is 0 Å². The first-order chi connectivity index (χ1) is 11.2. The third-order valence-electron chi connectivity index (χ3n) is 4.12. The fourth-order valence-corrected chi connectivity index (χ4v) is 2.74. The number of imidazole rings is 1. The second kappa shape index (κ2) is 9.05. The molecule has 0 atom stereocenters. The van der Waals surface area contributed by atoms with Crippen molar-refractivity contribution in [3.8, 4) is 0 Å².